The van der Waals surface area contributed by atoms with Crippen LogP contribution in [-0.4, -0.2) is 44.2 Å². The Morgan fingerprint density at radius 2 is 2.07 bits per heavy atom. The highest BCUT2D eigenvalue weighted by Gasteiger charge is 2.18. The molecule has 4 aromatic rings. The van der Waals surface area contributed by atoms with Gasteiger partial charge in [0.2, 0.25) is 0 Å². The van der Waals surface area contributed by atoms with Crippen molar-refractivity contribution in [3.63, 3.8) is 0 Å². The zero-order valence-electron chi connectivity index (χ0n) is 17.3. The fourth-order valence-corrected chi connectivity index (χ4v) is 3.54. The second-order valence-electron chi connectivity index (χ2n) is 6.98. The van der Waals surface area contributed by atoms with Crippen LogP contribution >= 0.6 is 0 Å². The first-order valence-corrected chi connectivity index (χ1v) is 9.41. The molecule has 142 valence electrons. The van der Waals surface area contributed by atoms with Crippen molar-refractivity contribution in [2.24, 2.45) is 0 Å². The zero-order valence-corrected chi connectivity index (χ0v) is 15.3. The molecule has 0 aliphatic carbocycles. The highest BCUT2D eigenvalue weighted by Crippen LogP contribution is 2.22. The molecule has 1 saturated heterocycles. The molecule has 0 bridgehead atoms. The third kappa shape index (κ3) is 3.25. The molecule has 1 aliphatic rings. The average molecular weight is 376 g/mol. The molecule has 0 saturated carbocycles. The number of aliphatic hydroxyl groups excluding tert-OH is 1. The molecule has 4 heterocycles. The van der Waals surface area contributed by atoms with Gasteiger partial charge in [0.25, 0.3) is 0 Å². The van der Waals surface area contributed by atoms with Crippen LogP contribution in [0.2, 0.25) is 0 Å². The number of hydrogen-bond acceptors (Lipinski definition) is 6. The Labute approximate surface area is 165 Å². The van der Waals surface area contributed by atoms with Crippen LogP contribution in [0.5, 0.6) is 0 Å². The first kappa shape index (κ1) is 14.8. The molecule has 1 fully saturated rings. The van der Waals surface area contributed by atoms with Gasteiger partial charge < -0.3 is 20.3 Å². The summed E-state index contributed by atoms with van der Waals surface area (Å²) in [4.78, 5) is 18.8. The highest BCUT2D eigenvalue weighted by molar-refractivity contribution is 5.83. The molecule has 1 aromatic carbocycles. The number of aliphatic hydroxyl groups is 1. The minimum absolute atomic E-state index is 0.246. The number of anilines is 2. The van der Waals surface area contributed by atoms with Crippen molar-refractivity contribution in [1.29, 1.82) is 0 Å². The van der Waals surface area contributed by atoms with E-state index in [2.05, 4.69) is 30.2 Å². The predicted octanol–water partition coefficient (Wildman–Crippen LogP) is 3.08. The summed E-state index contributed by atoms with van der Waals surface area (Å²) in [5, 5.41) is 13.4. The maximum absolute atomic E-state index is 9.72. The Kier molecular flexibility index (Phi) is 3.75. The van der Waals surface area contributed by atoms with Gasteiger partial charge in [0, 0.05) is 36.7 Å². The van der Waals surface area contributed by atoms with Gasteiger partial charge in [0.05, 0.1) is 15.0 Å². The first-order valence-electron chi connectivity index (χ1n) is 10.4. The number of nitrogens with one attached hydrogen (secondary N) is 2. The maximum Gasteiger partial charge on any atom is 0.182 e. The Hall–Kier alpha value is -3.19. The number of aromatic nitrogens is 4. The van der Waals surface area contributed by atoms with Gasteiger partial charge in [0.15, 0.2) is 5.65 Å². The predicted molar refractivity (Wildman–Crippen MR) is 110 cm³/mol. The topological polar surface area (TPSA) is 90.0 Å². The maximum atomic E-state index is 9.72. The van der Waals surface area contributed by atoms with Gasteiger partial charge in [-0.2, -0.15) is 0 Å². The van der Waals surface area contributed by atoms with Crippen LogP contribution in [0, 0.1) is 0 Å². The number of rotatable bonds is 4. The number of pyridine rings is 1. The van der Waals surface area contributed by atoms with E-state index >= 15 is 0 Å². The summed E-state index contributed by atoms with van der Waals surface area (Å²) in [6.07, 6.45) is 4.51. The van der Waals surface area contributed by atoms with Crippen LogP contribution in [0.3, 0.4) is 0 Å². The Morgan fingerprint density at radius 3 is 2.96 bits per heavy atom. The second kappa shape index (κ2) is 7.09. The number of piperidine rings is 1. The second-order valence-corrected chi connectivity index (χ2v) is 6.98. The minimum Gasteiger partial charge on any atom is -0.393 e. The Balaban J connectivity index is 1.44. The van der Waals surface area contributed by atoms with Crippen LogP contribution in [0.25, 0.3) is 22.1 Å². The SMILES string of the molecule is [2H]C([2H])(Nc1cnc2ccc(N3CCC(O)CC3)nc2n1)c1cccc2[nH]ccc12. The van der Waals surface area contributed by atoms with Crippen molar-refractivity contribution in [2.45, 2.75) is 25.4 Å². The molecule has 7 nitrogen and oxygen atoms in total. The minimum atomic E-state index is -1.84. The third-order valence-electron chi connectivity index (χ3n) is 5.10. The summed E-state index contributed by atoms with van der Waals surface area (Å²) >= 11 is 0. The van der Waals surface area contributed by atoms with Gasteiger partial charge in [-0.1, -0.05) is 12.1 Å². The molecule has 3 N–H and O–H groups in total. The number of H-pyrrole nitrogens is 1. The number of hydrogen-bond donors (Lipinski definition) is 3. The molecular formula is C21H22N6O. The molecule has 28 heavy (non-hydrogen) atoms. The van der Waals surface area contributed by atoms with E-state index in [0.717, 1.165) is 42.7 Å². The van der Waals surface area contributed by atoms with E-state index in [1.54, 1.807) is 12.3 Å². The average Bonchev–Trinajstić information content (AvgIpc) is 3.22. The highest BCUT2D eigenvalue weighted by atomic mass is 16.3. The van der Waals surface area contributed by atoms with Crippen molar-refractivity contribution >= 4 is 33.7 Å². The lowest BCUT2D eigenvalue weighted by Crippen LogP contribution is -2.36. The summed E-state index contributed by atoms with van der Waals surface area (Å²) in [6.45, 7) is -0.354. The molecule has 1 aliphatic heterocycles. The fraction of sp³-hybridized carbons (Fsp3) is 0.286. The first-order chi connectivity index (χ1) is 14.5. The van der Waals surface area contributed by atoms with Gasteiger partial charge in [-0.05, 0) is 42.7 Å². The Morgan fingerprint density at radius 1 is 1.18 bits per heavy atom. The lowest BCUT2D eigenvalue weighted by atomic mass is 10.1. The quantitative estimate of drug-likeness (QED) is 0.507. The van der Waals surface area contributed by atoms with E-state index in [0.29, 0.717) is 22.5 Å². The van der Waals surface area contributed by atoms with E-state index in [-0.39, 0.29) is 6.10 Å². The van der Waals surface area contributed by atoms with Crippen LogP contribution in [0.4, 0.5) is 11.6 Å². The largest absolute Gasteiger partial charge is 0.393 e. The van der Waals surface area contributed by atoms with Crippen LogP contribution in [-0.2, 0) is 6.50 Å². The molecule has 0 atom stereocenters. The summed E-state index contributed by atoms with van der Waals surface area (Å²) in [6, 6.07) is 11.1. The van der Waals surface area contributed by atoms with Crippen molar-refractivity contribution in [1.82, 2.24) is 19.9 Å². The fourth-order valence-electron chi connectivity index (χ4n) is 3.54. The number of aromatic amines is 1. The Bertz CT molecular complexity index is 1200. The van der Waals surface area contributed by atoms with Gasteiger partial charge in [0.1, 0.15) is 17.2 Å². The number of fused-ring (bicyclic) bond motifs is 2. The number of nitrogens with zero attached hydrogens (tertiary/aromatic N) is 4. The lowest BCUT2D eigenvalue weighted by molar-refractivity contribution is 0.145. The van der Waals surface area contributed by atoms with Gasteiger partial charge >= 0.3 is 0 Å². The summed E-state index contributed by atoms with van der Waals surface area (Å²) in [5.74, 6) is 1.11. The summed E-state index contributed by atoms with van der Waals surface area (Å²) in [5.41, 5.74) is 2.51. The summed E-state index contributed by atoms with van der Waals surface area (Å²) in [7, 11) is 0. The van der Waals surface area contributed by atoms with Crippen molar-refractivity contribution in [3.05, 3.63) is 54.4 Å². The number of benzene rings is 1. The van der Waals surface area contributed by atoms with Crippen molar-refractivity contribution < 1.29 is 7.85 Å². The van der Waals surface area contributed by atoms with E-state index in [1.165, 1.54) is 6.20 Å². The van der Waals surface area contributed by atoms with Gasteiger partial charge in [-0.15, -0.1) is 0 Å². The van der Waals surface area contributed by atoms with E-state index in [1.807, 2.05) is 30.3 Å². The molecular weight excluding hydrogens is 352 g/mol. The van der Waals surface area contributed by atoms with Crippen molar-refractivity contribution in [3.8, 4) is 0 Å². The smallest absolute Gasteiger partial charge is 0.182 e. The third-order valence-corrected chi connectivity index (χ3v) is 5.10. The van der Waals surface area contributed by atoms with Gasteiger partial charge in [-0.3, -0.25) is 0 Å². The summed E-state index contributed by atoms with van der Waals surface area (Å²) < 4.78 is 17.2. The molecule has 0 spiro atoms. The van der Waals surface area contributed by atoms with Gasteiger partial charge in [-0.25, -0.2) is 15.0 Å². The molecule has 7 heteroatoms. The monoisotopic (exact) mass is 376 g/mol. The molecule has 0 unspecified atom stereocenters. The van der Waals surface area contributed by atoms with Crippen LogP contribution < -0.4 is 10.2 Å². The molecule has 5 rings (SSSR count). The van der Waals surface area contributed by atoms with E-state index in [9.17, 15) is 5.11 Å². The molecule has 0 amide bonds. The normalized spacial score (nSPS) is 17.0. The van der Waals surface area contributed by atoms with E-state index in [4.69, 9.17) is 2.74 Å². The zero-order chi connectivity index (χ0) is 20.7. The molecule has 3 aromatic heterocycles. The molecule has 0 radical (unpaired) electrons. The van der Waals surface area contributed by atoms with E-state index < -0.39 is 6.50 Å². The standard InChI is InChI=1S/C21H22N6O/c28-15-7-10-27(11-8-15)20-5-4-18-21(26-20)25-19(13-23-18)24-12-14-2-1-3-17-16(14)6-9-22-17/h1-6,9,13,15,22,28H,7-8,10-12H2,(H,24,25,26)/i12D2. The van der Waals surface area contributed by atoms with Crippen LogP contribution in [0.1, 0.15) is 21.1 Å². The van der Waals surface area contributed by atoms with Crippen LogP contribution in [0.15, 0.2) is 48.8 Å². The lowest BCUT2D eigenvalue weighted by Gasteiger charge is -2.30. The van der Waals surface area contributed by atoms with Crippen molar-refractivity contribution in [2.75, 3.05) is 23.3 Å².